The first-order valence-electron chi connectivity index (χ1n) is 5.75. The van der Waals surface area contributed by atoms with E-state index in [4.69, 9.17) is 14.6 Å². The summed E-state index contributed by atoms with van der Waals surface area (Å²) in [7, 11) is 1.59. The van der Waals surface area contributed by atoms with Gasteiger partial charge in [0.1, 0.15) is 0 Å². The number of ether oxygens (including phenoxy) is 2. The fraction of sp³-hybridized carbons (Fsp3) is 0.818. The summed E-state index contributed by atoms with van der Waals surface area (Å²) in [6.07, 6.45) is 0.375. The molecule has 1 amide bonds. The number of nitrogens with zero attached hydrogens (tertiary/aromatic N) is 1. The van der Waals surface area contributed by atoms with Gasteiger partial charge in [0.2, 0.25) is 5.91 Å². The minimum absolute atomic E-state index is 0.0539. The smallest absolute Gasteiger partial charge is 0.307 e. The van der Waals surface area contributed by atoms with Crippen molar-refractivity contribution in [1.29, 1.82) is 0 Å². The molecule has 2 fully saturated rings. The van der Waals surface area contributed by atoms with Crippen molar-refractivity contribution >= 4 is 11.9 Å². The summed E-state index contributed by atoms with van der Waals surface area (Å²) in [6, 6.07) is 0. The van der Waals surface area contributed by atoms with Crippen LogP contribution in [-0.2, 0) is 19.1 Å². The van der Waals surface area contributed by atoms with Gasteiger partial charge in [0.15, 0.2) is 0 Å². The SMILES string of the molecule is COC[C@@H]1CN(C(=O)[C@@H]2C[C@H]2C(=O)O)CCO1. The maximum absolute atomic E-state index is 12.0. The maximum atomic E-state index is 12.0. The molecule has 6 heteroatoms. The molecule has 0 aromatic carbocycles. The van der Waals surface area contributed by atoms with Crippen molar-refractivity contribution in [3.05, 3.63) is 0 Å². The average molecular weight is 243 g/mol. The predicted molar refractivity (Wildman–Crippen MR) is 57.4 cm³/mol. The fourth-order valence-electron chi connectivity index (χ4n) is 2.18. The number of hydrogen-bond acceptors (Lipinski definition) is 4. The van der Waals surface area contributed by atoms with Crippen LogP contribution in [-0.4, -0.2) is 61.4 Å². The molecule has 0 aromatic rings. The zero-order chi connectivity index (χ0) is 12.4. The van der Waals surface area contributed by atoms with E-state index in [0.29, 0.717) is 32.7 Å². The quantitative estimate of drug-likeness (QED) is 0.725. The van der Waals surface area contributed by atoms with Gasteiger partial charge in [0.05, 0.1) is 31.2 Å². The van der Waals surface area contributed by atoms with E-state index in [1.807, 2.05) is 0 Å². The van der Waals surface area contributed by atoms with Crippen molar-refractivity contribution in [2.45, 2.75) is 12.5 Å². The molecular weight excluding hydrogens is 226 g/mol. The number of carbonyl (C=O) groups excluding carboxylic acids is 1. The monoisotopic (exact) mass is 243 g/mol. The lowest BCUT2D eigenvalue weighted by atomic mass is 10.2. The fourth-order valence-corrected chi connectivity index (χ4v) is 2.18. The van der Waals surface area contributed by atoms with Crippen LogP contribution in [0.1, 0.15) is 6.42 Å². The standard InChI is InChI=1S/C11H17NO5/c1-16-6-7-5-12(2-3-17-7)10(13)8-4-9(8)11(14)15/h7-9H,2-6H2,1H3,(H,14,15)/t7-,8+,9+/m0/s1. The van der Waals surface area contributed by atoms with Crippen LogP contribution in [0.15, 0.2) is 0 Å². The van der Waals surface area contributed by atoms with Crippen molar-refractivity contribution in [2.24, 2.45) is 11.8 Å². The molecule has 1 saturated heterocycles. The summed E-state index contributed by atoms with van der Waals surface area (Å²) in [4.78, 5) is 24.4. The van der Waals surface area contributed by atoms with E-state index in [0.717, 1.165) is 0 Å². The summed E-state index contributed by atoms with van der Waals surface area (Å²) < 4.78 is 10.4. The third-order valence-electron chi connectivity index (χ3n) is 3.23. The molecule has 1 heterocycles. The van der Waals surface area contributed by atoms with Crippen LogP contribution in [0.4, 0.5) is 0 Å². The Labute approximate surface area is 99.5 Å². The topological polar surface area (TPSA) is 76.1 Å². The van der Waals surface area contributed by atoms with Crippen LogP contribution in [0.3, 0.4) is 0 Å². The van der Waals surface area contributed by atoms with Gasteiger partial charge in [0.25, 0.3) is 0 Å². The largest absolute Gasteiger partial charge is 0.481 e. The summed E-state index contributed by atoms with van der Waals surface area (Å²) in [5, 5.41) is 8.79. The summed E-state index contributed by atoms with van der Waals surface area (Å²) in [5.41, 5.74) is 0. The van der Waals surface area contributed by atoms with Crippen molar-refractivity contribution in [3.8, 4) is 0 Å². The molecule has 0 radical (unpaired) electrons. The summed E-state index contributed by atoms with van der Waals surface area (Å²) in [5.74, 6) is -1.73. The number of amides is 1. The first-order chi connectivity index (χ1) is 8.13. The Hall–Kier alpha value is -1.14. The molecule has 0 aromatic heterocycles. The molecule has 1 saturated carbocycles. The van der Waals surface area contributed by atoms with E-state index in [2.05, 4.69) is 0 Å². The van der Waals surface area contributed by atoms with E-state index in [1.54, 1.807) is 12.0 Å². The molecule has 96 valence electrons. The minimum atomic E-state index is -0.870. The highest BCUT2D eigenvalue weighted by atomic mass is 16.5. The predicted octanol–water partition coefficient (Wildman–Crippen LogP) is -0.419. The van der Waals surface area contributed by atoms with Crippen LogP contribution in [0.5, 0.6) is 0 Å². The Balaban J connectivity index is 1.85. The maximum Gasteiger partial charge on any atom is 0.307 e. The number of morpholine rings is 1. The van der Waals surface area contributed by atoms with Crippen LogP contribution in [0.2, 0.25) is 0 Å². The Kier molecular flexibility index (Phi) is 3.63. The van der Waals surface area contributed by atoms with Gasteiger partial charge in [-0.3, -0.25) is 9.59 Å². The summed E-state index contributed by atoms with van der Waals surface area (Å²) >= 11 is 0. The van der Waals surface area contributed by atoms with Crippen molar-refractivity contribution in [1.82, 2.24) is 4.90 Å². The van der Waals surface area contributed by atoms with Gasteiger partial charge in [-0.05, 0) is 6.42 Å². The van der Waals surface area contributed by atoms with Crippen molar-refractivity contribution in [2.75, 3.05) is 33.4 Å². The van der Waals surface area contributed by atoms with Crippen LogP contribution in [0, 0.1) is 11.8 Å². The lowest BCUT2D eigenvalue weighted by Gasteiger charge is -2.32. The van der Waals surface area contributed by atoms with Gasteiger partial charge in [-0.15, -0.1) is 0 Å². The minimum Gasteiger partial charge on any atom is -0.481 e. The molecule has 2 aliphatic rings. The van der Waals surface area contributed by atoms with Gasteiger partial charge >= 0.3 is 5.97 Å². The van der Waals surface area contributed by atoms with E-state index in [9.17, 15) is 9.59 Å². The van der Waals surface area contributed by atoms with E-state index >= 15 is 0 Å². The number of carbonyl (C=O) groups is 2. The molecule has 1 aliphatic heterocycles. The van der Waals surface area contributed by atoms with Crippen LogP contribution >= 0.6 is 0 Å². The number of methoxy groups -OCH3 is 1. The number of carboxylic acids is 1. The van der Waals surface area contributed by atoms with E-state index in [1.165, 1.54) is 0 Å². The molecule has 1 aliphatic carbocycles. The number of carboxylic acid groups (broad SMARTS) is 1. The molecule has 0 bridgehead atoms. The second kappa shape index (κ2) is 5.01. The highest BCUT2D eigenvalue weighted by molar-refractivity contribution is 5.89. The van der Waals surface area contributed by atoms with Crippen molar-refractivity contribution in [3.63, 3.8) is 0 Å². The zero-order valence-electron chi connectivity index (χ0n) is 9.80. The molecular formula is C11H17NO5. The van der Waals surface area contributed by atoms with Crippen LogP contribution in [0.25, 0.3) is 0 Å². The lowest BCUT2D eigenvalue weighted by molar-refractivity contribution is -0.146. The third kappa shape index (κ3) is 2.76. The van der Waals surface area contributed by atoms with Gasteiger partial charge in [-0.25, -0.2) is 0 Å². The Morgan fingerprint density at radius 3 is 2.82 bits per heavy atom. The average Bonchev–Trinajstić information content (AvgIpc) is 3.09. The molecule has 3 atom stereocenters. The second-order valence-corrected chi connectivity index (χ2v) is 4.52. The molecule has 1 N–H and O–H groups in total. The van der Waals surface area contributed by atoms with Crippen LogP contribution < -0.4 is 0 Å². The molecule has 2 rings (SSSR count). The van der Waals surface area contributed by atoms with Crippen molar-refractivity contribution < 1.29 is 24.2 Å². The number of rotatable bonds is 4. The number of hydrogen-bond donors (Lipinski definition) is 1. The first kappa shape index (κ1) is 12.3. The Morgan fingerprint density at radius 2 is 2.24 bits per heavy atom. The second-order valence-electron chi connectivity index (χ2n) is 4.52. The van der Waals surface area contributed by atoms with Gasteiger partial charge < -0.3 is 19.5 Å². The molecule has 0 unspecified atom stereocenters. The van der Waals surface area contributed by atoms with Gasteiger partial charge in [-0.2, -0.15) is 0 Å². The highest BCUT2D eigenvalue weighted by Crippen LogP contribution is 2.40. The van der Waals surface area contributed by atoms with E-state index in [-0.39, 0.29) is 17.9 Å². The van der Waals surface area contributed by atoms with Gasteiger partial charge in [0, 0.05) is 20.2 Å². The number of aliphatic carboxylic acids is 1. The molecule has 17 heavy (non-hydrogen) atoms. The van der Waals surface area contributed by atoms with E-state index < -0.39 is 11.9 Å². The third-order valence-corrected chi connectivity index (χ3v) is 3.23. The Bertz CT molecular complexity index is 317. The zero-order valence-corrected chi connectivity index (χ0v) is 9.80. The lowest BCUT2D eigenvalue weighted by Crippen LogP contribution is -2.48. The molecule has 6 nitrogen and oxygen atoms in total. The Morgan fingerprint density at radius 1 is 1.47 bits per heavy atom. The summed E-state index contributed by atoms with van der Waals surface area (Å²) in [6.45, 7) is 1.98. The highest BCUT2D eigenvalue weighted by Gasteiger charge is 2.50. The first-order valence-corrected chi connectivity index (χ1v) is 5.75. The molecule has 0 spiro atoms. The normalized spacial score (nSPS) is 32.3. The van der Waals surface area contributed by atoms with Gasteiger partial charge in [-0.1, -0.05) is 0 Å².